The molecule has 0 spiro atoms. The highest BCUT2D eigenvalue weighted by Gasteiger charge is 2.13. The lowest BCUT2D eigenvalue weighted by Crippen LogP contribution is -2.13. The quantitative estimate of drug-likeness (QED) is 0.698. The monoisotopic (exact) mass is 352 g/mol. The van der Waals surface area contributed by atoms with Crippen molar-refractivity contribution in [3.8, 4) is 0 Å². The van der Waals surface area contributed by atoms with Crippen molar-refractivity contribution >= 4 is 33.2 Å². The number of hydrogen-bond donors (Lipinski definition) is 1. The van der Waals surface area contributed by atoms with Crippen molar-refractivity contribution < 1.29 is 0 Å². The number of hydrogen-bond acceptors (Lipinski definition) is 2. The predicted octanol–water partition coefficient (Wildman–Crippen LogP) is 5.70. The number of rotatable bonds is 5. The Labute approximate surface area is 133 Å². The molecule has 0 saturated carbocycles. The Hall–Kier alpha value is -1.06. The van der Waals surface area contributed by atoms with Gasteiger partial charge in [-0.25, -0.2) is 4.98 Å². The molecule has 1 unspecified atom stereocenters. The number of anilines is 1. The van der Waals surface area contributed by atoms with Crippen LogP contribution < -0.4 is 5.32 Å². The van der Waals surface area contributed by atoms with Gasteiger partial charge in [0.1, 0.15) is 5.15 Å². The molecule has 1 N–H and O–H groups in total. The van der Waals surface area contributed by atoms with Crippen molar-refractivity contribution in [2.24, 2.45) is 5.92 Å². The van der Waals surface area contributed by atoms with Crippen molar-refractivity contribution in [3.05, 3.63) is 57.8 Å². The number of halogens is 2. The summed E-state index contributed by atoms with van der Waals surface area (Å²) in [6, 6.07) is 12.7. The molecule has 0 aliphatic carbocycles. The summed E-state index contributed by atoms with van der Waals surface area (Å²) in [5.74, 6) is 0.608. The van der Waals surface area contributed by atoms with E-state index in [-0.39, 0.29) is 6.04 Å². The van der Waals surface area contributed by atoms with E-state index < -0.39 is 0 Å². The predicted molar refractivity (Wildman–Crippen MR) is 89.2 cm³/mol. The standard InChI is InChI=1S/C16H18BrClN2/c1-11(2)8-15(12-6-4-3-5-7-12)20-13-9-14(17)16(18)19-10-13/h3-7,9-11,15,20H,8H2,1-2H3. The molecule has 0 bridgehead atoms. The molecule has 1 aromatic heterocycles. The molecule has 1 heterocycles. The summed E-state index contributed by atoms with van der Waals surface area (Å²) >= 11 is 9.34. The summed E-state index contributed by atoms with van der Waals surface area (Å²) in [5, 5.41) is 4.03. The van der Waals surface area contributed by atoms with E-state index >= 15 is 0 Å². The lowest BCUT2D eigenvalue weighted by molar-refractivity contribution is 0.531. The van der Waals surface area contributed by atoms with Crippen molar-refractivity contribution in [2.45, 2.75) is 26.3 Å². The molecule has 2 aromatic rings. The van der Waals surface area contributed by atoms with Gasteiger partial charge in [-0.05, 0) is 39.9 Å². The number of pyridine rings is 1. The number of nitrogens with zero attached hydrogens (tertiary/aromatic N) is 1. The molecule has 2 nitrogen and oxygen atoms in total. The first-order valence-electron chi connectivity index (χ1n) is 6.69. The van der Waals surface area contributed by atoms with Gasteiger partial charge in [-0.15, -0.1) is 0 Å². The fourth-order valence-electron chi connectivity index (χ4n) is 2.14. The van der Waals surface area contributed by atoms with Crippen molar-refractivity contribution in [3.63, 3.8) is 0 Å². The topological polar surface area (TPSA) is 24.9 Å². The van der Waals surface area contributed by atoms with Gasteiger partial charge in [-0.3, -0.25) is 0 Å². The zero-order chi connectivity index (χ0) is 14.5. The highest BCUT2D eigenvalue weighted by molar-refractivity contribution is 9.10. The van der Waals surface area contributed by atoms with Gasteiger partial charge in [0.05, 0.1) is 22.4 Å². The Bertz CT molecular complexity index is 558. The Kier molecular flexibility index (Phi) is 5.44. The number of benzene rings is 1. The molecule has 0 radical (unpaired) electrons. The summed E-state index contributed by atoms with van der Waals surface area (Å²) in [5.41, 5.74) is 2.25. The molecule has 0 aliphatic rings. The average molecular weight is 354 g/mol. The van der Waals surface area contributed by atoms with Crippen molar-refractivity contribution in [1.82, 2.24) is 4.98 Å². The molecule has 0 saturated heterocycles. The first-order chi connectivity index (χ1) is 9.56. The minimum atomic E-state index is 0.270. The summed E-state index contributed by atoms with van der Waals surface area (Å²) in [6.07, 6.45) is 2.83. The third-order valence-electron chi connectivity index (χ3n) is 3.05. The van der Waals surface area contributed by atoms with E-state index in [1.54, 1.807) is 6.20 Å². The van der Waals surface area contributed by atoms with E-state index in [1.165, 1.54) is 5.56 Å². The first kappa shape index (κ1) is 15.3. The second-order valence-electron chi connectivity index (χ2n) is 5.23. The summed E-state index contributed by atoms with van der Waals surface area (Å²) < 4.78 is 0.806. The Morgan fingerprint density at radius 3 is 2.55 bits per heavy atom. The maximum absolute atomic E-state index is 5.93. The van der Waals surface area contributed by atoms with E-state index in [9.17, 15) is 0 Å². The molecule has 1 aromatic carbocycles. The maximum Gasteiger partial charge on any atom is 0.143 e. The van der Waals surface area contributed by atoms with Crippen LogP contribution in [0.3, 0.4) is 0 Å². The van der Waals surface area contributed by atoms with Gasteiger partial charge in [0, 0.05) is 0 Å². The minimum Gasteiger partial charge on any atom is -0.377 e. The van der Waals surface area contributed by atoms with Gasteiger partial charge in [0.2, 0.25) is 0 Å². The lowest BCUT2D eigenvalue weighted by atomic mass is 9.97. The molecule has 2 rings (SSSR count). The van der Waals surface area contributed by atoms with Crippen molar-refractivity contribution in [2.75, 3.05) is 5.32 Å². The second-order valence-corrected chi connectivity index (χ2v) is 6.45. The molecule has 0 aliphatic heterocycles. The van der Waals surface area contributed by atoms with Gasteiger partial charge < -0.3 is 5.32 Å². The van der Waals surface area contributed by atoms with E-state index in [0.717, 1.165) is 16.6 Å². The Morgan fingerprint density at radius 2 is 1.95 bits per heavy atom. The SMILES string of the molecule is CC(C)CC(Nc1cnc(Cl)c(Br)c1)c1ccccc1. The van der Waals surface area contributed by atoms with Crippen molar-refractivity contribution in [1.29, 1.82) is 0 Å². The molecule has 0 fully saturated rings. The highest BCUT2D eigenvalue weighted by atomic mass is 79.9. The summed E-state index contributed by atoms with van der Waals surface area (Å²) in [7, 11) is 0. The maximum atomic E-state index is 5.93. The Balaban J connectivity index is 2.21. The van der Waals surface area contributed by atoms with Gasteiger partial charge in [-0.1, -0.05) is 55.8 Å². The molecule has 1 atom stereocenters. The van der Waals surface area contributed by atoms with Gasteiger partial charge >= 0.3 is 0 Å². The first-order valence-corrected chi connectivity index (χ1v) is 7.86. The van der Waals surface area contributed by atoms with Crippen LogP contribution in [0.4, 0.5) is 5.69 Å². The largest absolute Gasteiger partial charge is 0.377 e. The lowest BCUT2D eigenvalue weighted by Gasteiger charge is -2.22. The summed E-state index contributed by atoms with van der Waals surface area (Å²) in [4.78, 5) is 4.16. The van der Waals surface area contributed by atoms with Crippen LogP contribution in [0.25, 0.3) is 0 Å². The number of aromatic nitrogens is 1. The molecular weight excluding hydrogens is 336 g/mol. The number of nitrogens with one attached hydrogen (secondary N) is 1. The Morgan fingerprint density at radius 1 is 1.25 bits per heavy atom. The van der Waals surface area contributed by atoms with Crippen LogP contribution >= 0.6 is 27.5 Å². The smallest absolute Gasteiger partial charge is 0.143 e. The van der Waals surface area contributed by atoms with Gasteiger partial charge in [0.25, 0.3) is 0 Å². The average Bonchev–Trinajstić information content (AvgIpc) is 2.43. The zero-order valence-corrected chi connectivity index (χ0v) is 13.9. The molecular formula is C16H18BrClN2. The van der Waals surface area contributed by atoms with Crippen LogP contribution in [0, 0.1) is 5.92 Å². The molecule has 0 amide bonds. The van der Waals surface area contributed by atoms with Crippen LogP contribution in [-0.2, 0) is 0 Å². The summed E-state index contributed by atoms with van der Waals surface area (Å²) in [6.45, 7) is 4.46. The van der Waals surface area contributed by atoms with E-state index in [1.807, 2.05) is 12.1 Å². The minimum absolute atomic E-state index is 0.270. The van der Waals surface area contributed by atoms with Crippen LogP contribution in [-0.4, -0.2) is 4.98 Å². The third-order valence-corrected chi connectivity index (χ3v) is 4.18. The highest BCUT2D eigenvalue weighted by Crippen LogP contribution is 2.28. The van der Waals surface area contributed by atoms with Crippen LogP contribution in [0.2, 0.25) is 5.15 Å². The second kappa shape index (κ2) is 7.09. The third kappa shape index (κ3) is 4.22. The fourth-order valence-corrected chi connectivity index (χ4v) is 2.59. The van der Waals surface area contributed by atoms with E-state index in [4.69, 9.17) is 11.6 Å². The normalized spacial score (nSPS) is 12.4. The van der Waals surface area contributed by atoms with E-state index in [0.29, 0.717) is 11.1 Å². The molecule has 106 valence electrons. The fraction of sp³-hybridized carbons (Fsp3) is 0.312. The molecule has 20 heavy (non-hydrogen) atoms. The van der Waals surface area contributed by atoms with Gasteiger partial charge in [-0.2, -0.15) is 0 Å². The molecule has 4 heteroatoms. The van der Waals surface area contributed by atoms with E-state index in [2.05, 4.69) is 64.3 Å². The van der Waals surface area contributed by atoms with Gasteiger partial charge in [0.15, 0.2) is 0 Å². The van der Waals surface area contributed by atoms with Crippen LogP contribution in [0.5, 0.6) is 0 Å². The van der Waals surface area contributed by atoms with Crippen LogP contribution in [0.15, 0.2) is 47.1 Å². The zero-order valence-electron chi connectivity index (χ0n) is 11.6. The van der Waals surface area contributed by atoms with Crippen LogP contribution in [0.1, 0.15) is 31.9 Å².